The summed E-state index contributed by atoms with van der Waals surface area (Å²) in [4.78, 5) is 21.3. The molecule has 0 unspecified atom stereocenters. The molecule has 1 aliphatic carbocycles. The van der Waals surface area contributed by atoms with Gasteiger partial charge in [0.25, 0.3) is 5.91 Å². The average molecular weight is 401 g/mol. The summed E-state index contributed by atoms with van der Waals surface area (Å²) in [5.74, 6) is -0.237. The number of aliphatic hydroxyl groups is 1. The van der Waals surface area contributed by atoms with Gasteiger partial charge in [-0.1, -0.05) is 0 Å². The van der Waals surface area contributed by atoms with Crippen LogP contribution in [0.15, 0.2) is 35.2 Å². The standard InChI is InChI=1S/C22H28FN3O3/c1-22(2,28)13-25-9-7-17(8-10-25)26(16-4-5-16)21(27)15-3-6-18(19(23)11-15)20-12-24-14-29-20/h3,6,11-12,14,16-17,28H,4-5,7-10,13H2,1-2H3. The molecular weight excluding hydrogens is 373 g/mol. The van der Waals surface area contributed by atoms with Crippen LogP contribution < -0.4 is 0 Å². The predicted molar refractivity (Wildman–Crippen MR) is 107 cm³/mol. The van der Waals surface area contributed by atoms with E-state index in [0.29, 0.717) is 23.4 Å². The summed E-state index contributed by atoms with van der Waals surface area (Å²) < 4.78 is 19.8. The fraction of sp³-hybridized carbons (Fsp3) is 0.545. The summed E-state index contributed by atoms with van der Waals surface area (Å²) in [6, 6.07) is 4.97. The molecule has 2 heterocycles. The number of carbonyl (C=O) groups is 1. The van der Waals surface area contributed by atoms with Crippen molar-refractivity contribution in [3.63, 3.8) is 0 Å². The molecule has 2 fully saturated rings. The Hall–Kier alpha value is -2.25. The maximum absolute atomic E-state index is 14.6. The number of hydrogen-bond donors (Lipinski definition) is 1. The van der Waals surface area contributed by atoms with E-state index < -0.39 is 11.4 Å². The number of halogens is 1. The normalized spacial score (nSPS) is 18.8. The Kier molecular flexibility index (Phi) is 5.44. The van der Waals surface area contributed by atoms with Crippen LogP contribution in [0.25, 0.3) is 11.3 Å². The monoisotopic (exact) mass is 401 g/mol. The highest BCUT2D eigenvalue weighted by Crippen LogP contribution is 2.34. The van der Waals surface area contributed by atoms with E-state index in [1.54, 1.807) is 12.1 Å². The second-order valence-electron chi connectivity index (χ2n) is 8.82. The van der Waals surface area contributed by atoms with Gasteiger partial charge in [0.2, 0.25) is 0 Å². The van der Waals surface area contributed by atoms with Crippen molar-refractivity contribution < 1.29 is 18.7 Å². The Balaban J connectivity index is 1.47. The van der Waals surface area contributed by atoms with Gasteiger partial charge in [0.05, 0.1) is 17.4 Å². The Morgan fingerprint density at radius 1 is 1.28 bits per heavy atom. The van der Waals surface area contributed by atoms with Crippen molar-refractivity contribution in [1.82, 2.24) is 14.8 Å². The smallest absolute Gasteiger partial charge is 0.254 e. The number of β-amino-alcohol motifs (C(OH)–C–C–N with tert-alkyl or cyclic N) is 1. The van der Waals surface area contributed by atoms with Gasteiger partial charge in [0, 0.05) is 37.3 Å². The van der Waals surface area contributed by atoms with Crippen molar-refractivity contribution in [1.29, 1.82) is 0 Å². The van der Waals surface area contributed by atoms with Gasteiger partial charge < -0.3 is 19.3 Å². The third-order valence-electron chi connectivity index (χ3n) is 5.65. The lowest BCUT2D eigenvalue weighted by Crippen LogP contribution is -2.50. The van der Waals surface area contributed by atoms with Crippen molar-refractivity contribution in [2.75, 3.05) is 19.6 Å². The summed E-state index contributed by atoms with van der Waals surface area (Å²) >= 11 is 0. The van der Waals surface area contributed by atoms with E-state index in [0.717, 1.165) is 38.8 Å². The summed E-state index contributed by atoms with van der Waals surface area (Å²) in [6.07, 6.45) is 6.47. The molecule has 1 saturated carbocycles. The zero-order chi connectivity index (χ0) is 20.6. The van der Waals surface area contributed by atoms with Crippen LogP contribution in [0.1, 0.15) is 49.9 Å². The van der Waals surface area contributed by atoms with E-state index >= 15 is 0 Å². The van der Waals surface area contributed by atoms with E-state index in [2.05, 4.69) is 9.88 Å². The topological polar surface area (TPSA) is 69.8 Å². The molecule has 4 rings (SSSR count). The van der Waals surface area contributed by atoms with Crippen molar-refractivity contribution in [3.8, 4) is 11.3 Å². The SMILES string of the molecule is CC(C)(O)CN1CCC(N(C(=O)c2ccc(-c3cnco3)c(F)c2)C2CC2)CC1. The molecule has 0 bridgehead atoms. The van der Waals surface area contributed by atoms with Crippen LogP contribution in [0.4, 0.5) is 4.39 Å². The highest BCUT2D eigenvalue weighted by molar-refractivity contribution is 5.95. The van der Waals surface area contributed by atoms with Gasteiger partial charge in [-0.25, -0.2) is 9.37 Å². The minimum absolute atomic E-state index is 0.101. The molecule has 1 N–H and O–H groups in total. The molecule has 6 nitrogen and oxygen atoms in total. The minimum atomic E-state index is -0.721. The molecule has 1 aromatic carbocycles. The minimum Gasteiger partial charge on any atom is -0.443 e. The zero-order valence-corrected chi connectivity index (χ0v) is 17.0. The molecule has 1 aromatic heterocycles. The largest absolute Gasteiger partial charge is 0.443 e. The molecule has 1 aliphatic heterocycles. The second-order valence-corrected chi connectivity index (χ2v) is 8.82. The highest BCUT2D eigenvalue weighted by atomic mass is 19.1. The first-order valence-electron chi connectivity index (χ1n) is 10.3. The van der Waals surface area contributed by atoms with Crippen LogP contribution in [-0.2, 0) is 0 Å². The van der Waals surface area contributed by atoms with Crippen LogP contribution in [0.5, 0.6) is 0 Å². The number of rotatable bonds is 6. The van der Waals surface area contributed by atoms with Crippen molar-refractivity contribution in [2.45, 2.75) is 57.2 Å². The molecule has 1 amide bonds. The van der Waals surface area contributed by atoms with E-state index in [1.165, 1.54) is 18.7 Å². The van der Waals surface area contributed by atoms with Crippen LogP contribution in [0.3, 0.4) is 0 Å². The zero-order valence-electron chi connectivity index (χ0n) is 17.0. The van der Waals surface area contributed by atoms with Gasteiger partial charge in [-0.15, -0.1) is 0 Å². The number of piperidine rings is 1. The number of oxazole rings is 1. The van der Waals surface area contributed by atoms with Crippen LogP contribution in [-0.4, -0.2) is 63.1 Å². The molecule has 2 aromatic rings. The third-order valence-corrected chi connectivity index (χ3v) is 5.65. The molecular formula is C22H28FN3O3. The number of amides is 1. The van der Waals surface area contributed by atoms with Gasteiger partial charge in [-0.05, 0) is 57.7 Å². The second kappa shape index (κ2) is 7.88. The fourth-order valence-electron chi connectivity index (χ4n) is 4.23. The van der Waals surface area contributed by atoms with E-state index in [-0.39, 0.29) is 18.0 Å². The summed E-state index contributed by atoms with van der Waals surface area (Å²) in [5.41, 5.74) is -0.0460. The van der Waals surface area contributed by atoms with Crippen molar-refractivity contribution in [2.24, 2.45) is 0 Å². The Labute approximate surface area is 170 Å². The van der Waals surface area contributed by atoms with Gasteiger partial charge in [-0.3, -0.25) is 4.79 Å². The van der Waals surface area contributed by atoms with Crippen LogP contribution in [0.2, 0.25) is 0 Å². The lowest BCUT2D eigenvalue weighted by Gasteiger charge is -2.40. The first-order valence-corrected chi connectivity index (χ1v) is 10.3. The first kappa shape index (κ1) is 20.0. The van der Waals surface area contributed by atoms with E-state index in [1.807, 2.05) is 18.7 Å². The lowest BCUT2D eigenvalue weighted by molar-refractivity contribution is 0.0156. The van der Waals surface area contributed by atoms with Gasteiger partial charge in [0.1, 0.15) is 5.82 Å². The Morgan fingerprint density at radius 3 is 2.52 bits per heavy atom. The molecule has 0 atom stereocenters. The summed E-state index contributed by atoms with van der Waals surface area (Å²) in [7, 11) is 0. The first-order chi connectivity index (χ1) is 13.8. The van der Waals surface area contributed by atoms with Crippen LogP contribution >= 0.6 is 0 Å². The molecule has 7 heteroatoms. The highest BCUT2D eigenvalue weighted by Gasteiger charge is 2.39. The quantitative estimate of drug-likeness (QED) is 0.804. The van der Waals surface area contributed by atoms with Gasteiger partial charge >= 0.3 is 0 Å². The van der Waals surface area contributed by atoms with E-state index in [9.17, 15) is 14.3 Å². The number of aromatic nitrogens is 1. The number of carbonyl (C=O) groups excluding carboxylic acids is 1. The van der Waals surface area contributed by atoms with Crippen LogP contribution in [0, 0.1) is 5.82 Å². The number of likely N-dealkylation sites (tertiary alicyclic amines) is 1. The number of nitrogens with zero attached hydrogens (tertiary/aromatic N) is 3. The van der Waals surface area contributed by atoms with Gasteiger partial charge in [0.15, 0.2) is 12.2 Å². The summed E-state index contributed by atoms with van der Waals surface area (Å²) in [5, 5.41) is 10.0. The third kappa shape index (κ3) is 4.67. The molecule has 0 radical (unpaired) electrons. The summed E-state index contributed by atoms with van der Waals surface area (Å²) in [6.45, 7) is 5.96. The lowest BCUT2D eigenvalue weighted by atomic mass is 9.99. The van der Waals surface area contributed by atoms with Crippen molar-refractivity contribution in [3.05, 3.63) is 42.2 Å². The van der Waals surface area contributed by atoms with Crippen molar-refractivity contribution >= 4 is 5.91 Å². The average Bonchev–Trinajstić information content (AvgIpc) is 3.34. The number of hydrogen-bond acceptors (Lipinski definition) is 5. The fourth-order valence-corrected chi connectivity index (χ4v) is 4.23. The Bertz CT molecular complexity index is 851. The molecule has 156 valence electrons. The van der Waals surface area contributed by atoms with Gasteiger partial charge in [-0.2, -0.15) is 0 Å². The Morgan fingerprint density at radius 2 is 1.97 bits per heavy atom. The van der Waals surface area contributed by atoms with E-state index in [4.69, 9.17) is 4.42 Å². The maximum atomic E-state index is 14.6. The molecule has 1 saturated heterocycles. The number of benzene rings is 1. The molecule has 29 heavy (non-hydrogen) atoms. The predicted octanol–water partition coefficient (Wildman–Crippen LogP) is 3.32. The maximum Gasteiger partial charge on any atom is 0.254 e. The molecule has 2 aliphatic rings. The molecule has 0 spiro atoms.